The van der Waals surface area contributed by atoms with Crippen LogP contribution in [0.15, 0.2) is 72.9 Å². The molecular formula is C25H29N3O2. The zero-order chi connectivity index (χ0) is 20.6. The summed E-state index contributed by atoms with van der Waals surface area (Å²) in [6.07, 6.45) is 1.79. The van der Waals surface area contributed by atoms with Gasteiger partial charge < -0.3 is 9.47 Å². The lowest BCUT2D eigenvalue weighted by Gasteiger charge is -2.34. The van der Waals surface area contributed by atoms with Gasteiger partial charge in [0.1, 0.15) is 18.1 Å². The maximum absolute atomic E-state index is 5.83. The fourth-order valence-electron chi connectivity index (χ4n) is 3.68. The SMILES string of the molecule is COc1ccc(CN2CCN(Cc3ccc(OCc4ccccn4)cc3)CC2)cc1. The molecule has 0 bridgehead atoms. The van der Waals surface area contributed by atoms with Crippen molar-refractivity contribution in [1.82, 2.24) is 14.8 Å². The standard InChI is InChI=1S/C25H29N3O2/c1-29-24-9-5-21(6-10-24)18-27-14-16-28(17-15-27)19-22-7-11-25(12-8-22)30-20-23-4-2-3-13-26-23/h2-13H,14-20H2,1H3. The molecule has 0 atom stereocenters. The monoisotopic (exact) mass is 403 g/mol. The van der Waals surface area contributed by atoms with Gasteiger partial charge in [0.2, 0.25) is 0 Å². The lowest BCUT2D eigenvalue weighted by Crippen LogP contribution is -2.45. The van der Waals surface area contributed by atoms with Gasteiger partial charge in [0, 0.05) is 45.5 Å². The number of ether oxygens (including phenoxy) is 2. The molecule has 1 saturated heterocycles. The molecule has 0 spiro atoms. The quantitative estimate of drug-likeness (QED) is 0.569. The van der Waals surface area contributed by atoms with E-state index in [1.807, 2.05) is 30.3 Å². The van der Waals surface area contributed by atoms with Crippen molar-refractivity contribution in [2.75, 3.05) is 33.3 Å². The van der Waals surface area contributed by atoms with E-state index in [1.165, 1.54) is 11.1 Å². The second-order valence-corrected chi connectivity index (χ2v) is 7.65. The first-order chi connectivity index (χ1) is 14.8. The van der Waals surface area contributed by atoms with E-state index in [0.29, 0.717) is 6.61 Å². The van der Waals surface area contributed by atoms with Crippen LogP contribution in [0.2, 0.25) is 0 Å². The Labute approximate surface area is 178 Å². The molecule has 1 aliphatic heterocycles. The highest BCUT2D eigenvalue weighted by Gasteiger charge is 2.17. The van der Waals surface area contributed by atoms with Gasteiger partial charge in [0.15, 0.2) is 0 Å². The maximum atomic E-state index is 5.83. The zero-order valence-electron chi connectivity index (χ0n) is 17.5. The number of methoxy groups -OCH3 is 1. The van der Waals surface area contributed by atoms with E-state index in [2.05, 4.69) is 51.2 Å². The Morgan fingerprint density at radius 1 is 0.733 bits per heavy atom. The largest absolute Gasteiger partial charge is 0.497 e. The molecule has 2 aromatic carbocycles. The van der Waals surface area contributed by atoms with E-state index in [1.54, 1.807) is 13.3 Å². The van der Waals surface area contributed by atoms with E-state index in [-0.39, 0.29) is 0 Å². The first-order valence-electron chi connectivity index (χ1n) is 10.5. The lowest BCUT2D eigenvalue weighted by atomic mass is 10.1. The number of hydrogen-bond donors (Lipinski definition) is 0. The van der Waals surface area contributed by atoms with Gasteiger partial charge in [0.05, 0.1) is 12.8 Å². The molecule has 0 aliphatic carbocycles. The molecule has 0 radical (unpaired) electrons. The molecule has 5 nitrogen and oxygen atoms in total. The normalized spacial score (nSPS) is 15.1. The Kier molecular flexibility index (Phi) is 6.95. The Balaban J connectivity index is 1.20. The summed E-state index contributed by atoms with van der Waals surface area (Å²) < 4.78 is 11.1. The minimum absolute atomic E-state index is 0.496. The van der Waals surface area contributed by atoms with Crippen molar-refractivity contribution in [2.24, 2.45) is 0 Å². The highest BCUT2D eigenvalue weighted by atomic mass is 16.5. The molecule has 3 aromatic rings. The highest BCUT2D eigenvalue weighted by molar-refractivity contribution is 5.28. The van der Waals surface area contributed by atoms with Crippen LogP contribution in [0.3, 0.4) is 0 Å². The molecule has 156 valence electrons. The van der Waals surface area contributed by atoms with Crippen LogP contribution in [0.1, 0.15) is 16.8 Å². The number of pyridine rings is 1. The van der Waals surface area contributed by atoms with Crippen molar-refractivity contribution in [1.29, 1.82) is 0 Å². The molecule has 0 unspecified atom stereocenters. The summed E-state index contributed by atoms with van der Waals surface area (Å²) in [5, 5.41) is 0. The molecule has 30 heavy (non-hydrogen) atoms. The Bertz CT molecular complexity index is 890. The molecule has 2 heterocycles. The number of piperazine rings is 1. The average molecular weight is 404 g/mol. The minimum Gasteiger partial charge on any atom is -0.497 e. The van der Waals surface area contributed by atoms with E-state index in [4.69, 9.17) is 9.47 Å². The number of rotatable bonds is 8. The molecule has 1 aromatic heterocycles. The fourth-order valence-corrected chi connectivity index (χ4v) is 3.68. The third kappa shape index (κ3) is 5.81. The Morgan fingerprint density at radius 3 is 1.80 bits per heavy atom. The molecule has 4 rings (SSSR count). The number of hydrogen-bond acceptors (Lipinski definition) is 5. The van der Waals surface area contributed by atoms with Crippen LogP contribution in [0, 0.1) is 0 Å². The summed E-state index contributed by atoms with van der Waals surface area (Å²) in [5.74, 6) is 1.80. The van der Waals surface area contributed by atoms with Crippen LogP contribution in [-0.2, 0) is 19.7 Å². The van der Waals surface area contributed by atoms with Crippen LogP contribution in [0.25, 0.3) is 0 Å². The predicted molar refractivity (Wildman–Crippen MR) is 119 cm³/mol. The van der Waals surface area contributed by atoms with E-state index in [9.17, 15) is 0 Å². The second-order valence-electron chi connectivity index (χ2n) is 7.65. The van der Waals surface area contributed by atoms with Crippen LogP contribution in [0.5, 0.6) is 11.5 Å². The van der Waals surface area contributed by atoms with Crippen molar-refractivity contribution < 1.29 is 9.47 Å². The molecule has 1 aliphatic rings. The summed E-state index contributed by atoms with van der Waals surface area (Å²) in [7, 11) is 1.71. The maximum Gasteiger partial charge on any atom is 0.130 e. The zero-order valence-corrected chi connectivity index (χ0v) is 17.5. The van der Waals surface area contributed by atoms with Gasteiger partial charge in [-0.15, -0.1) is 0 Å². The summed E-state index contributed by atoms with van der Waals surface area (Å²) in [6, 6.07) is 22.7. The van der Waals surface area contributed by atoms with Crippen LogP contribution in [0.4, 0.5) is 0 Å². The molecule has 0 N–H and O–H groups in total. The molecule has 5 heteroatoms. The van der Waals surface area contributed by atoms with E-state index < -0.39 is 0 Å². The number of benzene rings is 2. The summed E-state index contributed by atoms with van der Waals surface area (Å²) >= 11 is 0. The fraction of sp³-hybridized carbons (Fsp3) is 0.320. The summed E-state index contributed by atoms with van der Waals surface area (Å²) in [5.41, 5.74) is 3.60. The van der Waals surface area contributed by atoms with Crippen LogP contribution < -0.4 is 9.47 Å². The molecule has 0 saturated carbocycles. The lowest BCUT2D eigenvalue weighted by molar-refractivity contribution is 0.122. The first kappa shape index (κ1) is 20.4. The van der Waals surface area contributed by atoms with Gasteiger partial charge in [-0.25, -0.2) is 0 Å². The summed E-state index contributed by atoms with van der Waals surface area (Å²) in [6.45, 7) is 6.85. The first-order valence-corrected chi connectivity index (χ1v) is 10.5. The highest BCUT2D eigenvalue weighted by Crippen LogP contribution is 2.17. The van der Waals surface area contributed by atoms with E-state index >= 15 is 0 Å². The second kappa shape index (κ2) is 10.2. The minimum atomic E-state index is 0.496. The van der Waals surface area contributed by atoms with Gasteiger partial charge in [-0.3, -0.25) is 14.8 Å². The smallest absolute Gasteiger partial charge is 0.130 e. The van der Waals surface area contributed by atoms with Gasteiger partial charge in [-0.1, -0.05) is 30.3 Å². The molecule has 1 fully saturated rings. The average Bonchev–Trinajstić information content (AvgIpc) is 2.81. The van der Waals surface area contributed by atoms with Crippen molar-refractivity contribution in [3.63, 3.8) is 0 Å². The van der Waals surface area contributed by atoms with E-state index in [0.717, 1.165) is 56.5 Å². The van der Waals surface area contributed by atoms with Gasteiger partial charge >= 0.3 is 0 Å². The Hall–Kier alpha value is -2.89. The molecular weight excluding hydrogens is 374 g/mol. The van der Waals surface area contributed by atoms with Crippen molar-refractivity contribution in [3.05, 3.63) is 89.7 Å². The van der Waals surface area contributed by atoms with Crippen molar-refractivity contribution in [3.8, 4) is 11.5 Å². The molecule has 0 amide bonds. The third-order valence-electron chi connectivity index (χ3n) is 5.47. The van der Waals surface area contributed by atoms with Gasteiger partial charge in [-0.2, -0.15) is 0 Å². The number of nitrogens with zero attached hydrogens (tertiary/aromatic N) is 3. The van der Waals surface area contributed by atoms with Gasteiger partial charge in [0.25, 0.3) is 0 Å². The van der Waals surface area contributed by atoms with Crippen molar-refractivity contribution >= 4 is 0 Å². The van der Waals surface area contributed by atoms with Crippen molar-refractivity contribution in [2.45, 2.75) is 19.7 Å². The Morgan fingerprint density at radius 2 is 1.30 bits per heavy atom. The predicted octanol–water partition coefficient (Wildman–Crippen LogP) is 3.99. The van der Waals surface area contributed by atoms with Crippen LogP contribution >= 0.6 is 0 Å². The topological polar surface area (TPSA) is 37.8 Å². The van der Waals surface area contributed by atoms with Gasteiger partial charge in [-0.05, 0) is 47.5 Å². The van der Waals surface area contributed by atoms with Crippen LogP contribution in [-0.4, -0.2) is 48.1 Å². The summed E-state index contributed by atoms with van der Waals surface area (Å²) in [4.78, 5) is 9.33. The third-order valence-corrected chi connectivity index (χ3v) is 5.47. The number of aromatic nitrogens is 1.